The Hall–Kier alpha value is -1.28. The number of hydrogen-bond acceptors (Lipinski definition) is 2. The van der Waals surface area contributed by atoms with Crippen molar-refractivity contribution in [2.24, 2.45) is 0 Å². The zero-order valence-electron chi connectivity index (χ0n) is 9.33. The van der Waals surface area contributed by atoms with Crippen molar-refractivity contribution in [2.45, 2.75) is 13.3 Å². The van der Waals surface area contributed by atoms with Crippen molar-refractivity contribution >= 4 is 0 Å². The summed E-state index contributed by atoms with van der Waals surface area (Å²) in [5.74, 6) is 0.948. The van der Waals surface area contributed by atoms with E-state index in [4.69, 9.17) is 4.74 Å². The molecule has 0 aliphatic carbocycles. The van der Waals surface area contributed by atoms with Crippen LogP contribution in [0.4, 0.5) is 0 Å². The van der Waals surface area contributed by atoms with Crippen LogP contribution in [0.1, 0.15) is 12.0 Å². The van der Waals surface area contributed by atoms with Crippen molar-refractivity contribution in [1.29, 1.82) is 0 Å². The molecule has 0 aliphatic rings. The lowest BCUT2D eigenvalue weighted by Crippen LogP contribution is -2.17. The third kappa shape index (κ3) is 5.23. The van der Waals surface area contributed by atoms with E-state index >= 15 is 0 Å². The van der Waals surface area contributed by atoms with Gasteiger partial charge in [-0.25, -0.2) is 0 Å². The van der Waals surface area contributed by atoms with Crippen LogP contribution < -0.4 is 10.1 Å². The van der Waals surface area contributed by atoms with Gasteiger partial charge in [0.15, 0.2) is 0 Å². The first-order valence-electron chi connectivity index (χ1n) is 5.34. The molecule has 1 rings (SSSR count). The van der Waals surface area contributed by atoms with Gasteiger partial charge >= 0.3 is 0 Å². The maximum Gasteiger partial charge on any atom is 0.119 e. The highest BCUT2D eigenvalue weighted by Crippen LogP contribution is 2.11. The van der Waals surface area contributed by atoms with Crippen LogP contribution in [-0.2, 0) is 0 Å². The monoisotopic (exact) mass is 205 g/mol. The molecule has 2 nitrogen and oxygen atoms in total. The second-order valence-electron chi connectivity index (χ2n) is 3.51. The molecular weight excluding hydrogens is 186 g/mol. The lowest BCUT2D eigenvalue weighted by Gasteiger charge is -2.06. The normalized spacial score (nSPS) is 9.93. The minimum absolute atomic E-state index is 0.757. The van der Waals surface area contributed by atoms with E-state index in [1.54, 1.807) is 0 Å². The van der Waals surface area contributed by atoms with Gasteiger partial charge in [0.05, 0.1) is 6.61 Å². The summed E-state index contributed by atoms with van der Waals surface area (Å²) in [6, 6.07) is 8.13. The van der Waals surface area contributed by atoms with Crippen LogP contribution in [0.25, 0.3) is 0 Å². The Kier molecular flexibility index (Phi) is 5.56. The van der Waals surface area contributed by atoms with Crippen molar-refractivity contribution in [1.82, 2.24) is 5.32 Å². The van der Waals surface area contributed by atoms with Gasteiger partial charge in [-0.1, -0.05) is 23.8 Å². The van der Waals surface area contributed by atoms with Crippen LogP contribution in [0.2, 0.25) is 0 Å². The Balaban J connectivity index is 2.09. The summed E-state index contributed by atoms with van der Waals surface area (Å²) in [5.41, 5.74) is 1.26. The fourth-order valence-electron chi connectivity index (χ4n) is 1.23. The van der Waals surface area contributed by atoms with Crippen LogP contribution in [0.15, 0.2) is 36.9 Å². The second kappa shape index (κ2) is 7.07. The van der Waals surface area contributed by atoms with Gasteiger partial charge in [0, 0.05) is 6.54 Å². The molecule has 0 aromatic heterocycles. The minimum Gasteiger partial charge on any atom is -0.494 e. The fourth-order valence-corrected chi connectivity index (χ4v) is 1.23. The van der Waals surface area contributed by atoms with Gasteiger partial charge in [0.25, 0.3) is 0 Å². The summed E-state index contributed by atoms with van der Waals surface area (Å²) in [4.78, 5) is 0. The molecule has 0 radical (unpaired) electrons. The van der Waals surface area contributed by atoms with Crippen molar-refractivity contribution < 1.29 is 4.74 Å². The zero-order chi connectivity index (χ0) is 10.9. The number of rotatable bonds is 7. The number of benzene rings is 1. The molecule has 0 fully saturated rings. The van der Waals surface area contributed by atoms with E-state index in [0.29, 0.717) is 0 Å². The number of hydrogen-bond donors (Lipinski definition) is 1. The minimum atomic E-state index is 0.757. The van der Waals surface area contributed by atoms with E-state index < -0.39 is 0 Å². The summed E-state index contributed by atoms with van der Waals surface area (Å²) in [6.07, 6.45) is 2.88. The van der Waals surface area contributed by atoms with E-state index in [1.165, 1.54) is 5.56 Å². The average Bonchev–Trinajstić information content (AvgIpc) is 2.26. The molecule has 0 aliphatic heterocycles. The van der Waals surface area contributed by atoms with Gasteiger partial charge in [0.1, 0.15) is 5.75 Å². The first-order chi connectivity index (χ1) is 7.33. The quantitative estimate of drug-likeness (QED) is 0.545. The van der Waals surface area contributed by atoms with Crippen LogP contribution in [0.3, 0.4) is 0 Å². The van der Waals surface area contributed by atoms with E-state index in [0.717, 1.165) is 31.9 Å². The third-order valence-corrected chi connectivity index (χ3v) is 2.08. The third-order valence-electron chi connectivity index (χ3n) is 2.08. The van der Waals surface area contributed by atoms with Gasteiger partial charge in [0.2, 0.25) is 0 Å². The summed E-state index contributed by atoms with van der Waals surface area (Å²) in [5, 5.41) is 3.23. The first-order valence-corrected chi connectivity index (χ1v) is 5.34. The fraction of sp³-hybridized carbons (Fsp3) is 0.385. The van der Waals surface area contributed by atoms with Crippen LogP contribution in [0, 0.1) is 6.92 Å². The van der Waals surface area contributed by atoms with E-state index in [9.17, 15) is 0 Å². The van der Waals surface area contributed by atoms with E-state index in [1.807, 2.05) is 18.2 Å². The summed E-state index contributed by atoms with van der Waals surface area (Å²) in [7, 11) is 0. The maximum absolute atomic E-state index is 5.58. The molecule has 0 atom stereocenters. The Morgan fingerprint density at radius 3 is 2.73 bits per heavy atom. The summed E-state index contributed by atoms with van der Waals surface area (Å²) in [6.45, 7) is 8.31. The average molecular weight is 205 g/mol. The molecule has 0 saturated heterocycles. The smallest absolute Gasteiger partial charge is 0.119 e. The highest BCUT2D eigenvalue weighted by atomic mass is 16.5. The van der Waals surface area contributed by atoms with Crippen molar-refractivity contribution in [2.75, 3.05) is 19.7 Å². The lowest BCUT2D eigenvalue weighted by atomic mass is 10.2. The molecule has 82 valence electrons. The predicted molar refractivity (Wildman–Crippen MR) is 64.4 cm³/mol. The Morgan fingerprint density at radius 2 is 2.07 bits per heavy atom. The Bertz CT molecular complexity index is 279. The lowest BCUT2D eigenvalue weighted by molar-refractivity contribution is 0.309. The van der Waals surface area contributed by atoms with Crippen molar-refractivity contribution in [3.63, 3.8) is 0 Å². The Morgan fingerprint density at radius 1 is 1.33 bits per heavy atom. The molecule has 0 heterocycles. The largest absolute Gasteiger partial charge is 0.494 e. The van der Waals surface area contributed by atoms with Gasteiger partial charge in [-0.2, -0.15) is 0 Å². The highest BCUT2D eigenvalue weighted by Gasteiger charge is 1.92. The van der Waals surface area contributed by atoms with Gasteiger partial charge in [-0.15, -0.1) is 6.58 Å². The number of ether oxygens (including phenoxy) is 1. The van der Waals surface area contributed by atoms with Crippen molar-refractivity contribution in [3.05, 3.63) is 42.5 Å². The molecule has 0 unspecified atom stereocenters. The number of nitrogens with one attached hydrogen (secondary N) is 1. The van der Waals surface area contributed by atoms with Crippen LogP contribution in [-0.4, -0.2) is 19.7 Å². The summed E-state index contributed by atoms with van der Waals surface area (Å²) >= 11 is 0. The van der Waals surface area contributed by atoms with Crippen molar-refractivity contribution in [3.8, 4) is 5.75 Å². The SMILES string of the molecule is C=CCNCCCOc1ccc(C)cc1. The first kappa shape index (κ1) is 11.8. The Labute approximate surface area is 92.0 Å². The molecule has 0 saturated carbocycles. The van der Waals surface area contributed by atoms with E-state index in [2.05, 4.69) is 31.0 Å². The number of aryl methyl sites for hydroxylation is 1. The summed E-state index contributed by atoms with van der Waals surface area (Å²) < 4.78 is 5.58. The molecule has 0 bridgehead atoms. The molecule has 1 aromatic carbocycles. The van der Waals surface area contributed by atoms with Gasteiger partial charge < -0.3 is 10.1 Å². The molecule has 1 N–H and O–H groups in total. The molecule has 1 aromatic rings. The zero-order valence-corrected chi connectivity index (χ0v) is 9.33. The van der Waals surface area contributed by atoms with Crippen LogP contribution >= 0.6 is 0 Å². The predicted octanol–water partition coefficient (Wildman–Crippen LogP) is 2.54. The molecule has 0 spiro atoms. The maximum atomic E-state index is 5.58. The van der Waals surface area contributed by atoms with Gasteiger partial charge in [-0.05, 0) is 32.0 Å². The highest BCUT2D eigenvalue weighted by molar-refractivity contribution is 5.26. The molecule has 2 heteroatoms. The molecule has 0 amide bonds. The topological polar surface area (TPSA) is 21.3 Å². The molecule has 15 heavy (non-hydrogen) atoms. The van der Waals surface area contributed by atoms with Gasteiger partial charge in [-0.3, -0.25) is 0 Å². The van der Waals surface area contributed by atoms with Crippen LogP contribution in [0.5, 0.6) is 5.75 Å². The molecular formula is C13H19NO. The van der Waals surface area contributed by atoms with E-state index in [-0.39, 0.29) is 0 Å². The standard InChI is InChI=1S/C13H19NO/c1-3-9-14-10-4-11-15-13-7-5-12(2)6-8-13/h3,5-8,14H,1,4,9-11H2,2H3. The second-order valence-corrected chi connectivity index (χ2v) is 3.51.